The van der Waals surface area contributed by atoms with Gasteiger partial charge in [0.25, 0.3) is 0 Å². The Bertz CT molecular complexity index is 932. The molecule has 1 aromatic heterocycles. The second kappa shape index (κ2) is 7.78. The van der Waals surface area contributed by atoms with Gasteiger partial charge in [-0.15, -0.1) is 0 Å². The molecule has 6 nitrogen and oxygen atoms in total. The molecule has 0 aliphatic heterocycles. The molecule has 8 heteroatoms. The number of ether oxygens (including phenoxy) is 1. The molecule has 26 heavy (non-hydrogen) atoms. The highest BCUT2D eigenvalue weighted by Crippen LogP contribution is 2.33. The van der Waals surface area contributed by atoms with Crippen molar-refractivity contribution in [3.63, 3.8) is 0 Å². The van der Waals surface area contributed by atoms with Crippen molar-refractivity contribution in [1.82, 2.24) is 9.97 Å². The number of benzene rings is 2. The first-order valence-corrected chi connectivity index (χ1v) is 8.52. The van der Waals surface area contributed by atoms with Crippen LogP contribution < -0.4 is 21.9 Å². The van der Waals surface area contributed by atoms with Gasteiger partial charge < -0.3 is 21.9 Å². The van der Waals surface area contributed by atoms with Crippen LogP contribution in [-0.4, -0.2) is 9.97 Å². The number of nitrogens with zero attached hydrogens (tertiary/aromatic N) is 2. The van der Waals surface area contributed by atoms with Crippen LogP contribution in [0.2, 0.25) is 10.0 Å². The maximum Gasteiger partial charge on any atom is 0.222 e. The Kier molecular flexibility index (Phi) is 5.46. The van der Waals surface area contributed by atoms with Crippen LogP contribution in [-0.2, 0) is 13.2 Å². The molecule has 0 atom stereocenters. The Morgan fingerprint density at radius 1 is 0.923 bits per heavy atom. The van der Waals surface area contributed by atoms with Gasteiger partial charge in [0.05, 0.1) is 15.7 Å². The van der Waals surface area contributed by atoms with Gasteiger partial charge in [0.1, 0.15) is 18.2 Å². The van der Waals surface area contributed by atoms with Gasteiger partial charge in [0.2, 0.25) is 5.95 Å². The highest BCUT2D eigenvalue weighted by atomic mass is 35.5. The molecule has 0 aliphatic carbocycles. The van der Waals surface area contributed by atoms with Crippen molar-refractivity contribution >= 4 is 35.0 Å². The number of nitrogen functional groups attached to an aromatic ring is 2. The average Bonchev–Trinajstić information content (AvgIpc) is 2.62. The van der Waals surface area contributed by atoms with Gasteiger partial charge in [-0.05, 0) is 35.4 Å². The van der Waals surface area contributed by atoms with E-state index >= 15 is 0 Å². The molecule has 0 saturated carbocycles. The fourth-order valence-electron chi connectivity index (χ4n) is 2.49. The maximum absolute atomic E-state index is 6.12. The lowest BCUT2D eigenvalue weighted by Gasteiger charge is -2.14. The molecular weight excluding hydrogens is 373 g/mol. The summed E-state index contributed by atoms with van der Waals surface area (Å²) in [5.41, 5.74) is 20.3. The molecule has 3 aromatic rings. The van der Waals surface area contributed by atoms with Crippen molar-refractivity contribution in [2.75, 3.05) is 11.5 Å². The first-order chi connectivity index (χ1) is 12.5. The van der Waals surface area contributed by atoms with Gasteiger partial charge in [0.15, 0.2) is 0 Å². The zero-order chi connectivity index (χ0) is 18.7. The molecule has 6 N–H and O–H groups in total. The molecule has 3 rings (SSSR count). The fraction of sp³-hybridized carbons (Fsp3) is 0.111. The van der Waals surface area contributed by atoms with E-state index in [0.29, 0.717) is 33.6 Å². The van der Waals surface area contributed by atoms with E-state index in [2.05, 4.69) is 9.97 Å². The third kappa shape index (κ3) is 3.99. The van der Waals surface area contributed by atoms with E-state index < -0.39 is 0 Å². The summed E-state index contributed by atoms with van der Waals surface area (Å²) < 4.78 is 5.82. The molecule has 0 amide bonds. The van der Waals surface area contributed by atoms with Gasteiger partial charge in [0, 0.05) is 12.1 Å². The van der Waals surface area contributed by atoms with Crippen LogP contribution in [0.1, 0.15) is 11.3 Å². The molecule has 0 aliphatic rings. The van der Waals surface area contributed by atoms with Gasteiger partial charge in [-0.3, -0.25) is 0 Å². The summed E-state index contributed by atoms with van der Waals surface area (Å²) in [5, 5.41) is 0.854. The Morgan fingerprint density at radius 2 is 1.65 bits per heavy atom. The summed E-state index contributed by atoms with van der Waals surface area (Å²) >= 11 is 12.1. The first kappa shape index (κ1) is 18.3. The molecule has 0 spiro atoms. The van der Waals surface area contributed by atoms with Crippen molar-refractivity contribution in [2.24, 2.45) is 5.73 Å². The van der Waals surface area contributed by atoms with E-state index in [1.54, 1.807) is 18.2 Å². The predicted octanol–water partition coefficient (Wildman–Crippen LogP) is 3.65. The minimum Gasteiger partial charge on any atom is -0.487 e. The third-order valence-electron chi connectivity index (χ3n) is 3.77. The van der Waals surface area contributed by atoms with Crippen molar-refractivity contribution in [2.45, 2.75) is 13.2 Å². The van der Waals surface area contributed by atoms with Crippen LogP contribution in [0.25, 0.3) is 11.1 Å². The van der Waals surface area contributed by atoms with E-state index in [1.165, 1.54) is 0 Å². The second-order valence-corrected chi connectivity index (χ2v) is 6.37. The maximum atomic E-state index is 6.12. The quantitative estimate of drug-likeness (QED) is 0.613. The van der Waals surface area contributed by atoms with E-state index in [-0.39, 0.29) is 18.4 Å². The lowest BCUT2D eigenvalue weighted by Crippen LogP contribution is -2.09. The molecule has 0 radical (unpaired) electrons. The van der Waals surface area contributed by atoms with Crippen LogP contribution in [0, 0.1) is 0 Å². The van der Waals surface area contributed by atoms with E-state index in [1.807, 2.05) is 24.3 Å². The van der Waals surface area contributed by atoms with Crippen molar-refractivity contribution in [3.05, 3.63) is 63.8 Å². The van der Waals surface area contributed by atoms with Crippen LogP contribution >= 0.6 is 23.2 Å². The monoisotopic (exact) mass is 389 g/mol. The van der Waals surface area contributed by atoms with E-state index in [0.717, 1.165) is 11.1 Å². The molecule has 1 heterocycles. The predicted molar refractivity (Wildman–Crippen MR) is 105 cm³/mol. The number of hydrogen-bond donors (Lipinski definition) is 3. The number of aromatic nitrogens is 2. The van der Waals surface area contributed by atoms with Crippen LogP contribution in [0.15, 0.2) is 42.5 Å². The summed E-state index contributed by atoms with van der Waals surface area (Å²) in [4.78, 5) is 8.32. The van der Waals surface area contributed by atoms with E-state index in [4.69, 9.17) is 45.1 Å². The van der Waals surface area contributed by atoms with Crippen molar-refractivity contribution < 1.29 is 4.74 Å². The standard InChI is InChI=1S/C18H17Cl2N5O/c19-13-6-3-11(7-14(13)20)16-15(24-18(23)25-17(16)22)9-26-12-4-1-10(8-21)2-5-12/h1-7H,8-9,21H2,(H4,22,23,24,25). The summed E-state index contributed by atoms with van der Waals surface area (Å²) in [7, 11) is 0. The molecule has 0 unspecified atom stereocenters. The SMILES string of the molecule is NCc1ccc(OCc2nc(N)nc(N)c2-c2ccc(Cl)c(Cl)c2)cc1. The smallest absolute Gasteiger partial charge is 0.222 e. The number of nitrogens with two attached hydrogens (primary N) is 3. The van der Waals surface area contributed by atoms with Crippen LogP contribution in [0.5, 0.6) is 5.75 Å². The summed E-state index contributed by atoms with van der Waals surface area (Å²) in [5.74, 6) is 0.995. The molecule has 0 fully saturated rings. The average molecular weight is 390 g/mol. The Labute approximate surface area is 160 Å². The zero-order valence-corrected chi connectivity index (χ0v) is 15.3. The minimum atomic E-state index is 0.0726. The van der Waals surface area contributed by atoms with Gasteiger partial charge in [-0.1, -0.05) is 41.4 Å². The largest absolute Gasteiger partial charge is 0.487 e. The second-order valence-electron chi connectivity index (χ2n) is 5.55. The number of hydrogen-bond acceptors (Lipinski definition) is 6. The Morgan fingerprint density at radius 3 is 2.31 bits per heavy atom. The first-order valence-electron chi connectivity index (χ1n) is 7.77. The lowest BCUT2D eigenvalue weighted by atomic mass is 10.0. The van der Waals surface area contributed by atoms with Gasteiger partial charge in [-0.2, -0.15) is 4.98 Å². The van der Waals surface area contributed by atoms with Crippen molar-refractivity contribution in [3.8, 4) is 16.9 Å². The number of rotatable bonds is 5. The highest BCUT2D eigenvalue weighted by molar-refractivity contribution is 6.42. The Balaban J connectivity index is 1.93. The lowest BCUT2D eigenvalue weighted by molar-refractivity contribution is 0.302. The summed E-state index contributed by atoms with van der Waals surface area (Å²) in [6.45, 7) is 0.634. The fourth-order valence-corrected chi connectivity index (χ4v) is 2.79. The minimum absolute atomic E-state index is 0.0726. The van der Waals surface area contributed by atoms with Gasteiger partial charge in [-0.25, -0.2) is 4.98 Å². The van der Waals surface area contributed by atoms with Crippen molar-refractivity contribution in [1.29, 1.82) is 0 Å². The molecule has 0 saturated heterocycles. The molecular formula is C18H17Cl2N5O. The number of anilines is 2. The topological polar surface area (TPSA) is 113 Å². The molecule has 134 valence electrons. The Hall–Kier alpha value is -2.54. The normalized spacial score (nSPS) is 10.7. The van der Waals surface area contributed by atoms with Gasteiger partial charge >= 0.3 is 0 Å². The van der Waals surface area contributed by atoms with E-state index in [9.17, 15) is 0 Å². The molecule has 2 aromatic carbocycles. The highest BCUT2D eigenvalue weighted by Gasteiger charge is 2.15. The summed E-state index contributed by atoms with van der Waals surface area (Å²) in [6.07, 6.45) is 0. The third-order valence-corrected chi connectivity index (χ3v) is 4.51. The zero-order valence-electron chi connectivity index (χ0n) is 13.7. The number of halogens is 2. The molecule has 0 bridgehead atoms. The summed E-state index contributed by atoms with van der Waals surface area (Å²) in [6, 6.07) is 12.7. The van der Waals surface area contributed by atoms with Crippen LogP contribution in [0.3, 0.4) is 0 Å². The van der Waals surface area contributed by atoms with Crippen LogP contribution in [0.4, 0.5) is 11.8 Å².